The Hall–Kier alpha value is -2.09. The molecule has 2 aliphatic rings. The van der Waals surface area contributed by atoms with Gasteiger partial charge in [0.15, 0.2) is 5.78 Å². The molecule has 1 aliphatic carbocycles. The van der Waals surface area contributed by atoms with Crippen LogP contribution in [0.1, 0.15) is 47.8 Å². The number of carbonyl (C=O) groups excluding carboxylic acids is 1. The number of hydrogen-bond donors (Lipinski definition) is 1. The van der Waals surface area contributed by atoms with Crippen LogP contribution in [0.25, 0.3) is 0 Å². The van der Waals surface area contributed by atoms with E-state index in [-0.39, 0.29) is 23.2 Å². The van der Waals surface area contributed by atoms with E-state index >= 15 is 0 Å². The standard InChI is InChI=1S/C19H19NO/c1-19(2)11-14-17(12-7-3-5-9-15(12)19)20-16-10-6-4-8-13(16)18(14)21/h3-10,14,17,20H,11H2,1-2H3/t14-,17+/m0/s1. The van der Waals surface area contributed by atoms with Gasteiger partial charge in [-0.05, 0) is 35.1 Å². The lowest BCUT2D eigenvalue weighted by Crippen LogP contribution is -2.42. The molecule has 2 atom stereocenters. The second kappa shape index (κ2) is 4.20. The number of rotatable bonds is 0. The normalized spacial score (nSPS) is 25.3. The molecule has 4 rings (SSSR count). The molecule has 0 amide bonds. The Kier molecular flexibility index (Phi) is 2.53. The first-order chi connectivity index (χ1) is 10.1. The van der Waals surface area contributed by atoms with Crippen molar-refractivity contribution in [3.63, 3.8) is 0 Å². The second-order valence-electron chi connectivity index (χ2n) is 6.81. The number of anilines is 1. The molecule has 0 unspecified atom stereocenters. The number of fused-ring (bicyclic) bond motifs is 4. The zero-order valence-electron chi connectivity index (χ0n) is 12.4. The van der Waals surface area contributed by atoms with E-state index in [2.05, 4.69) is 43.4 Å². The Morgan fingerprint density at radius 2 is 1.76 bits per heavy atom. The SMILES string of the molecule is CC1(C)C[C@@H]2C(=O)c3ccccc3N[C@@H]2c2ccccc21. The van der Waals surface area contributed by atoms with Crippen molar-refractivity contribution in [1.82, 2.24) is 0 Å². The van der Waals surface area contributed by atoms with E-state index in [1.54, 1.807) is 0 Å². The van der Waals surface area contributed by atoms with Crippen molar-refractivity contribution in [3.05, 3.63) is 65.2 Å². The molecule has 0 saturated heterocycles. The van der Waals surface area contributed by atoms with E-state index in [0.717, 1.165) is 17.7 Å². The van der Waals surface area contributed by atoms with Gasteiger partial charge in [-0.15, -0.1) is 0 Å². The van der Waals surface area contributed by atoms with Gasteiger partial charge in [0.1, 0.15) is 0 Å². The smallest absolute Gasteiger partial charge is 0.170 e. The molecular weight excluding hydrogens is 258 g/mol. The Balaban J connectivity index is 1.90. The number of carbonyl (C=O) groups is 1. The number of para-hydroxylation sites is 1. The maximum Gasteiger partial charge on any atom is 0.170 e. The minimum Gasteiger partial charge on any atom is -0.377 e. The monoisotopic (exact) mass is 277 g/mol. The van der Waals surface area contributed by atoms with Gasteiger partial charge in [-0.25, -0.2) is 0 Å². The largest absolute Gasteiger partial charge is 0.377 e. The average Bonchev–Trinajstić information content (AvgIpc) is 2.49. The van der Waals surface area contributed by atoms with E-state index in [9.17, 15) is 4.79 Å². The minimum atomic E-state index is 0.0322. The Morgan fingerprint density at radius 3 is 2.62 bits per heavy atom. The van der Waals surface area contributed by atoms with Gasteiger partial charge in [0.2, 0.25) is 0 Å². The number of hydrogen-bond acceptors (Lipinski definition) is 2. The third-order valence-electron chi connectivity index (χ3n) is 5.00. The summed E-state index contributed by atoms with van der Waals surface area (Å²) in [5.74, 6) is 0.321. The van der Waals surface area contributed by atoms with Crippen LogP contribution >= 0.6 is 0 Å². The first-order valence-corrected chi connectivity index (χ1v) is 7.57. The molecule has 0 spiro atoms. The molecule has 0 radical (unpaired) electrons. The highest BCUT2D eigenvalue weighted by Gasteiger charge is 2.45. The lowest BCUT2D eigenvalue weighted by molar-refractivity contribution is 0.0859. The fraction of sp³-hybridized carbons (Fsp3) is 0.316. The summed E-state index contributed by atoms with van der Waals surface area (Å²) in [6.07, 6.45) is 0.898. The van der Waals surface area contributed by atoms with E-state index < -0.39 is 0 Å². The number of ketones is 1. The summed E-state index contributed by atoms with van der Waals surface area (Å²) in [5, 5.41) is 3.60. The van der Waals surface area contributed by atoms with Gasteiger partial charge in [0.25, 0.3) is 0 Å². The van der Waals surface area contributed by atoms with E-state index in [1.807, 2.05) is 24.3 Å². The maximum absolute atomic E-state index is 12.9. The number of nitrogens with one attached hydrogen (secondary N) is 1. The summed E-state index contributed by atoms with van der Waals surface area (Å²) in [5.41, 5.74) is 4.50. The summed E-state index contributed by atoms with van der Waals surface area (Å²) in [4.78, 5) is 12.9. The number of benzene rings is 2. The molecule has 106 valence electrons. The third-order valence-corrected chi connectivity index (χ3v) is 5.00. The van der Waals surface area contributed by atoms with Crippen LogP contribution in [-0.4, -0.2) is 5.78 Å². The topological polar surface area (TPSA) is 29.1 Å². The summed E-state index contributed by atoms with van der Waals surface area (Å²) in [6, 6.07) is 16.5. The molecule has 0 aromatic heterocycles. The summed E-state index contributed by atoms with van der Waals surface area (Å²) < 4.78 is 0. The highest BCUT2D eigenvalue weighted by atomic mass is 16.1. The molecule has 1 heterocycles. The van der Waals surface area contributed by atoms with Gasteiger partial charge in [-0.1, -0.05) is 50.2 Å². The number of Topliss-reactive ketones (excluding diaryl/α,β-unsaturated/α-hetero) is 1. The summed E-state index contributed by atoms with van der Waals surface area (Å²) in [7, 11) is 0. The molecule has 2 aromatic rings. The van der Waals surface area contributed by atoms with Crippen molar-refractivity contribution in [1.29, 1.82) is 0 Å². The van der Waals surface area contributed by atoms with Gasteiger partial charge >= 0.3 is 0 Å². The minimum absolute atomic E-state index is 0.0322. The highest BCUT2D eigenvalue weighted by molar-refractivity contribution is 6.05. The van der Waals surface area contributed by atoms with Crippen molar-refractivity contribution in [3.8, 4) is 0 Å². The van der Waals surface area contributed by atoms with Crippen LogP contribution in [0.3, 0.4) is 0 Å². The lowest BCUT2D eigenvalue weighted by atomic mass is 9.63. The van der Waals surface area contributed by atoms with Crippen LogP contribution in [0.2, 0.25) is 0 Å². The van der Waals surface area contributed by atoms with Crippen molar-refractivity contribution in [2.45, 2.75) is 31.7 Å². The molecule has 0 bridgehead atoms. The molecule has 21 heavy (non-hydrogen) atoms. The zero-order chi connectivity index (χ0) is 14.6. The van der Waals surface area contributed by atoms with Crippen LogP contribution in [-0.2, 0) is 5.41 Å². The predicted molar refractivity (Wildman–Crippen MR) is 84.7 cm³/mol. The molecule has 2 aromatic carbocycles. The fourth-order valence-electron chi connectivity index (χ4n) is 3.99. The Labute approximate surface area is 125 Å². The molecule has 1 aliphatic heterocycles. The van der Waals surface area contributed by atoms with Crippen molar-refractivity contribution in [2.75, 3.05) is 5.32 Å². The third kappa shape index (κ3) is 1.75. The van der Waals surface area contributed by atoms with E-state index in [4.69, 9.17) is 0 Å². The second-order valence-corrected chi connectivity index (χ2v) is 6.81. The lowest BCUT2D eigenvalue weighted by Gasteiger charge is -2.45. The summed E-state index contributed by atoms with van der Waals surface area (Å²) >= 11 is 0. The van der Waals surface area contributed by atoms with Crippen molar-refractivity contribution in [2.24, 2.45) is 5.92 Å². The van der Waals surface area contributed by atoms with Gasteiger partial charge < -0.3 is 5.32 Å². The average molecular weight is 277 g/mol. The van der Waals surface area contributed by atoms with Gasteiger partial charge in [-0.2, -0.15) is 0 Å². The highest BCUT2D eigenvalue weighted by Crippen LogP contribution is 2.49. The molecule has 2 heteroatoms. The predicted octanol–water partition coefficient (Wildman–Crippen LogP) is 4.33. The first kappa shape index (κ1) is 12.6. The molecule has 0 fully saturated rings. The van der Waals surface area contributed by atoms with E-state index in [1.165, 1.54) is 11.1 Å². The molecule has 1 N–H and O–H groups in total. The first-order valence-electron chi connectivity index (χ1n) is 7.57. The molecule has 2 nitrogen and oxygen atoms in total. The molecular formula is C19H19NO. The Morgan fingerprint density at radius 1 is 1.05 bits per heavy atom. The van der Waals surface area contributed by atoms with Gasteiger partial charge in [-0.3, -0.25) is 4.79 Å². The summed E-state index contributed by atoms with van der Waals surface area (Å²) in [6.45, 7) is 4.49. The Bertz CT molecular complexity index is 732. The van der Waals surface area contributed by atoms with E-state index in [0.29, 0.717) is 0 Å². The quantitative estimate of drug-likeness (QED) is 0.776. The van der Waals surface area contributed by atoms with Crippen LogP contribution in [0.5, 0.6) is 0 Å². The van der Waals surface area contributed by atoms with Gasteiger partial charge in [0.05, 0.1) is 6.04 Å². The zero-order valence-corrected chi connectivity index (χ0v) is 12.4. The van der Waals surface area contributed by atoms with Crippen molar-refractivity contribution >= 4 is 11.5 Å². The van der Waals surface area contributed by atoms with Crippen LogP contribution in [0.4, 0.5) is 5.69 Å². The van der Waals surface area contributed by atoms with Gasteiger partial charge in [0, 0.05) is 17.2 Å². The van der Waals surface area contributed by atoms with Crippen LogP contribution in [0.15, 0.2) is 48.5 Å². The maximum atomic E-state index is 12.9. The molecule has 0 saturated carbocycles. The van der Waals surface area contributed by atoms with Crippen LogP contribution in [0, 0.1) is 5.92 Å². The van der Waals surface area contributed by atoms with Crippen LogP contribution < -0.4 is 5.32 Å². The van der Waals surface area contributed by atoms with Crippen molar-refractivity contribution < 1.29 is 4.79 Å². The fourth-order valence-corrected chi connectivity index (χ4v) is 3.99.